The van der Waals surface area contributed by atoms with Crippen LogP contribution in [-0.2, 0) is 9.59 Å². The van der Waals surface area contributed by atoms with Crippen LogP contribution in [0, 0.1) is 18.8 Å². The van der Waals surface area contributed by atoms with Crippen molar-refractivity contribution in [2.24, 2.45) is 11.8 Å². The fraction of sp³-hybridized carbons (Fsp3) is 0.250. The molecular weight excluding hydrogens is 412 g/mol. The minimum absolute atomic E-state index is 0.126. The second-order valence-corrected chi connectivity index (χ2v) is 9.02. The van der Waals surface area contributed by atoms with Crippen molar-refractivity contribution in [3.8, 4) is 0 Å². The molecule has 0 bridgehead atoms. The minimum atomic E-state index is -0.290. The number of carbonyl (C=O) groups excluding carboxylic acids is 3. The smallest absolute Gasteiger partial charge is 0.255 e. The quantitative estimate of drug-likeness (QED) is 0.561. The summed E-state index contributed by atoms with van der Waals surface area (Å²) >= 11 is 0. The lowest BCUT2D eigenvalue weighted by molar-refractivity contribution is -0.122. The molecule has 3 atom stereocenters. The number of nitrogens with one attached hydrogen (secondary N) is 1. The Labute approximate surface area is 193 Å². The average Bonchev–Trinajstić information content (AvgIpc) is 3.09. The zero-order valence-electron chi connectivity index (χ0n) is 18.5. The van der Waals surface area contributed by atoms with Gasteiger partial charge < -0.3 is 5.32 Å². The normalized spacial score (nSPS) is 22.2. The first kappa shape index (κ1) is 21.1. The third-order valence-corrected chi connectivity index (χ3v) is 6.87. The van der Waals surface area contributed by atoms with E-state index in [0.29, 0.717) is 29.3 Å². The van der Waals surface area contributed by atoms with Crippen molar-refractivity contribution >= 4 is 29.1 Å². The molecule has 0 radical (unpaired) electrons. The highest BCUT2D eigenvalue weighted by molar-refractivity contribution is 6.22. The van der Waals surface area contributed by atoms with Gasteiger partial charge in [-0.15, -0.1) is 0 Å². The predicted octanol–water partition coefficient (Wildman–Crippen LogP) is 5.32. The SMILES string of the molecule is Cc1ccc(C(=O)Nc2cccc(N3C(=O)[C@H]4C[C@@H](c5ccccc5)CC[C@H]4C3=O)c2)cc1. The summed E-state index contributed by atoms with van der Waals surface area (Å²) in [6.45, 7) is 1.97. The molecule has 3 aromatic carbocycles. The van der Waals surface area contributed by atoms with E-state index in [0.717, 1.165) is 18.4 Å². The first-order valence-electron chi connectivity index (χ1n) is 11.4. The van der Waals surface area contributed by atoms with Gasteiger partial charge in [0.05, 0.1) is 17.5 Å². The van der Waals surface area contributed by atoms with Gasteiger partial charge >= 0.3 is 0 Å². The van der Waals surface area contributed by atoms with E-state index in [1.807, 2.05) is 37.3 Å². The number of rotatable bonds is 4. The largest absolute Gasteiger partial charge is 0.322 e. The summed E-state index contributed by atoms with van der Waals surface area (Å²) in [5, 5.41) is 2.87. The molecule has 5 nitrogen and oxygen atoms in total. The van der Waals surface area contributed by atoms with Crippen molar-refractivity contribution in [2.75, 3.05) is 10.2 Å². The first-order valence-corrected chi connectivity index (χ1v) is 11.4. The Bertz CT molecular complexity index is 1200. The number of imide groups is 1. The number of nitrogens with zero attached hydrogens (tertiary/aromatic N) is 1. The zero-order chi connectivity index (χ0) is 22.9. The van der Waals surface area contributed by atoms with Crippen molar-refractivity contribution in [1.82, 2.24) is 0 Å². The number of carbonyl (C=O) groups is 3. The number of aryl methyl sites for hydroxylation is 1. The Kier molecular flexibility index (Phi) is 5.55. The lowest BCUT2D eigenvalue weighted by atomic mass is 9.73. The molecule has 5 heteroatoms. The molecule has 3 amide bonds. The summed E-state index contributed by atoms with van der Waals surface area (Å²) in [6.07, 6.45) is 2.32. The molecule has 0 unspecified atom stereocenters. The summed E-state index contributed by atoms with van der Waals surface area (Å²) < 4.78 is 0. The Balaban J connectivity index is 1.34. The zero-order valence-corrected chi connectivity index (χ0v) is 18.5. The van der Waals surface area contributed by atoms with E-state index in [9.17, 15) is 14.4 Å². The van der Waals surface area contributed by atoms with Crippen molar-refractivity contribution in [3.05, 3.63) is 95.6 Å². The third kappa shape index (κ3) is 4.07. The molecule has 1 saturated carbocycles. The summed E-state index contributed by atoms with van der Waals surface area (Å²) in [5.74, 6) is -0.744. The summed E-state index contributed by atoms with van der Waals surface area (Å²) in [6, 6.07) is 24.5. The van der Waals surface area contributed by atoms with Crippen LogP contribution >= 0.6 is 0 Å². The lowest BCUT2D eigenvalue weighted by Gasteiger charge is -2.28. The molecule has 1 heterocycles. The number of hydrogen-bond acceptors (Lipinski definition) is 3. The summed E-state index contributed by atoms with van der Waals surface area (Å²) in [7, 11) is 0. The Morgan fingerprint density at radius 2 is 1.58 bits per heavy atom. The topological polar surface area (TPSA) is 66.5 Å². The Morgan fingerprint density at radius 3 is 2.33 bits per heavy atom. The van der Waals surface area contributed by atoms with Crippen molar-refractivity contribution < 1.29 is 14.4 Å². The third-order valence-electron chi connectivity index (χ3n) is 6.87. The number of benzene rings is 3. The average molecular weight is 439 g/mol. The van der Waals surface area contributed by atoms with Gasteiger partial charge in [-0.05, 0) is 68.0 Å². The molecule has 1 saturated heterocycles. The highest BCUT2D eigenvalue weighted by Crippen LogP contribution is 2.45. The van der Waals surface area contributed by atoms with E-state index >= 15 is 0 Å². The van der Waals surface area contributed by atoms with E-state index in [4.69, 9.17) is 0 Å². The Morgan fingerprint density at radius 1 is 0.848 bits per heavy atom. The van der Waals surface area contributed by atoms with Gasteiger partial charge in [0.1, 0.15) is 0 Å². The molecule has 1 aliphatic heterocycles. The fourth-order valence-electron chi connectivity index (χ4n) is 5.09. The molecule has 1 N–H and O–H groups in total. The van der Waals surface area contributed by atoms with Crippen molar-refractivity contribution in [2.45, 2.75) is 32.1 Å². The first-order chi connectivity index (χ1) is 16.0. The van der Waals surface area contributed by atoms with E-state index in [-0.39, 0.29) is 29.6 Å². The number of fused-ring (bicyclic) bond motifs is 1. The van der Waals surface area contributed by atoms with Gasteiger partial charge in [0.2, 0.25) is 11.8 Å². The summed E-state index contributed by atoms with van der Waals surface area (Å²) in [5.41, 5.74) is 3.93. The van der Waals surface area contributed by atoms with E-state index in [2.05, 4.69) is 17.4 Å². The molecule has 2 fully saturated rings. The molecule has 3 aromatic rings. The maximum Gasteiger partial charge on any atom is 0.255 e. The molecule has 0 aromatic heterocycles. The standard InChI is InChI=1S/C28H26N2O3/c1-18-10-12-20(13-11-18)26(31)29-22-8-5-9-23(17-22)30-27(32)24-15-14-21(16-25(24)28(30)33)19-6-3-2-4-7-19/h2-13,17,21,24-25H,14-16H2,1H3,(H,29,31)/t21-,24+,25-/m0/s1. The second kappa shape index (κ2) is 8.66. The predicted molar refractivity (Wildman–Crippen MR) is 128 cm³/mol. The van der Waals surface area contributed by atoms with Crippen LogP contribution in [0.2, 0.25) is 0 Å². The minimum Gasteiger partial charge on any atom is -0.322 e. The van der Waals surface area contributed by atoms with Gasteiger partial charge in [0.25, 0.3) is 5.91 Å². The lowest BCUT2D eigenvalue weighted by Crippen LogP contribution is -2.31. The van der Waals surface area contributed by atoms with Gasteiger partial charge in [0.15, 0.2) is 0 Å². The van der Waals surface area contributed by atoms with Gasteiger partial charge in [-0.1, -0.05) is 54.1 Å². The van der Waals surface area contributed by atoms with Crippen molar-refractivity contribution in [3.63, 3.8) is 0 Å². The highest BCUT2D eigenvalue weighted by Gasteiger charge is 2.50. The van der Waals surface area contributed by atoms with Crippen molar-refractivity contribution in [1.29, 1.82) is 0 Å². The van der Waals surface area contributed by atoms with Gasteiger partial charge in [-0.3, -0.25) is 14.4 Å². The molecular formula is C28H26N2O3. The van der Waals surface area contributed by atoms with Crippen LogP contribution in [-0.4, -0.2) is 17.7 Å². The number of anilines is 2. The molecule has 5 rings (SSSR count). The number of amides is 3. The maximum atomic E-state index is 13.3. The van der Waals surface area contributed by atoms with E-state index in [1.165, 1.54) is 10.5 Å². The monoisotopic (exact) mass is 438 g/mol. The van der Waals surface area contributed by atoms with Crippen LogP contribution in [0.25, 0.3) is 0 Å². The van der Waals surface area contributed by atoms with E-state index in [1.54, 1.807) is 36.4 Å². The highest BCUT2D eigenvalue weighted by atomic mass is 16.2. The second-order valence-electron chi connectivity index (χ2n) is 9.02. The van der Waals surface area contributed by atoms with Gasteiger partial charge in [-0.25, -0.2) is 4.90 Å². The van der Waals surface area contributed by atoms with Gasteiger partial charge in [-0.2, -0.15) is 0 Å². The molecule has 166 valence electrons. The van der Waals surface area contributed by atoms with Gasteiger partial charge in [0, 0.05) is 11.3 Å². The number of hydrogen-bond donors (Lipinski definition) is 1. The molecule has 1 aliphatic carbocycles. The Hall–Kier alpha value is -3.73. The fourth-order valence-corrected chi connectivity index (χ4v) is 5.09. The maximum absolute atomic E-state index is 13.3. The van der Waals surface area contributed by atoms with E-state index < -0.39 is 0 Å². The summed E-state index contributed by atoms with van der Waals surface area (Å²) in [4.78, 5) is 40.5. The van der Waals surface area contributed by atoms with Crippen LogP contribution in [0.1, 0.15) is 46.7 Å². The van der Waals surface area contributed by atoms with Crippen LogP contribution in [0.5, 0.6) is 0 Å². The van der Waals surface area contributed by atoms with Crippen LogP contribution in [0.3, 0.4) is 0 Å². The van der Waals surface area contributed by atoms with Crippen LogP contribution in [0.4, 0.5) is 11.4 Å². The van der Waals surface area contributed by atoms with Crippen LogP contribution < -0.4 is 10.2 Å². The molecule has 2 aliphatic rings. The molecule has 33 heavy (non-hydrogen) atoms. The van der Waals surface area contributed by atoms with Crippen LogP contribution in [0.15, 0.2) is 78.9 Å². The molecule has 0 spiro atoms.